The van der Waals surface area contributed by atoms with Crippen LogP contribution >= 0.6 is 11.6 Å². The largest absolute Gasteiger partial charge is 0.489 e. The third-order valence-corrected chi connectivity index (χ3v) is 4.06. The first-order valence-corrected chi connectivity index (χ1v) is 8.04. The number of hydrogen-bond acceptors (Lipinski definition) is 2. The minimum absolute atomic E-state index is 0.204. The molecule has 0 aliphatic heterocycles. The minimum atomic E-state index is -4.65. The SMILES string of the molecule is O=c1[nH][nH]c(C(F)(F)F)c1Cc1ccccc1OCc1ccc(Cl)cc1. The van der Waals surface area contributed by atoms with Gasteiger partial charge in [0.25, 0.3) is 5.56 Å². The molecule has 0 fully saturated rings. The molecule has 0 amide bonds. The Hall–Kier alpha value is -2.67. The second-order valence-electron chi connectivity index (χ2n) is 5.63. The Morgan fingerprint density at radius 2 is 1.69 bits per heavy atom. The molecule has 0 saturated carbocycles. The number of ether oxygens (including phenoxy) is 1. The molecule has 2 aromatic carbocycles. The molecular weight excluding hydrogens is 369 g/mol. The smallest absolute Gasteiger partial charge is 0.433 e. The van der Waals surface area contributed by atoms with Crippen molar-refractivity contribution in [1.82, 2.24) is 10.2 Å². The summed E-state index contributed by atoms with van der Waals surface area (Å²) < 4.78 is 44.8. The summed E-state index contributed by atoms with van der Waals surface area (Å²) in [6, 6.07) is 13.7. The predicted molar refractivity (Wildman–Crippen MR) is 91.4 cm³/mol. The van der Waals surface area contributed by atoms with Gasteiger partial charge in [-0.2, -0.15) is 13.2 Å². The topological polar surface area (TPSA) is 57.9 Å². The number of rotatable bonds is 5. The third-order valence-electron chi connectivity index (χ3n) is 3.81. The second-order valence-corrected chi connectivity index (χ2v) is 6.07. The molecule has 0 atom stereocenters. The summed E-state index contributed by atoms with van der Waals surface area (Å²) in [6.07, 6.45) is -4.85. The summed E-state index contributed by atoms with van der Waals surface area (Å²) in [5.41, 5.74) is -0.906. The molecular formula is C18H14ClF3N2O2. The van der Waals surface area contributed by atoms with E-state index in [4.69, 9.17) is 16.3 Å². The summed E-state index contributed by atoms with van der Waals surface area (Å²) in [7, 11) is 0. The van der Waals surface area contributed by atoms with Crippen molar-refractivity contribution in [3.8, 4) is 5.75 Å². The average Bonchev–Trinajstić information content (AvgIpc) is 2.96. The molecule has 136 valence electrons. The number of nitrogens with one attached hydrogen (secondary N) is 2. The van der Waals surface area contributed by atoms with Gasteiger partial charge in [-0.3, -0.25) is 15.0 Å². The van der Waals surface area contributed by atoms with Gasteiger partial charge in [0.2, 0.25) is 0 Å². The van der Waals surface area contributed by atoms with Crippen molar-refractivity contribution in [2.45, 2.75) is 19.2 Å². The van der Waals surface area contributed by atoms with E-state index in [-0.39, 0.29) is 18.6 Å². The fourth-order valence-electron chi connectivity index (χ4n) is 2.52. The van der Waals surface area contributed by atoms with Crippen molar-refractivity contribution in [2.24, 2.45) is 0 Å². The summed E-state index contributed by atoms with van der Waals surface area (Å²) >= 11 is 5.83. The van der Waals surface area contributed by atoms with Gasteiger partial charge >= 0.3 is 6.18 Å². The van der Waals surface area contributed by atoms with Gasteiger partial charge < -0.3 is 4.74 Å². The van der Waals surface area contributed by atoms with Gasteiger partial charge in [-0.05, 0) is 29.3 Å². The third kappa shape index (κ3) is 4.11. The van der Waals surface area contributed by atoms with E-state index in [1.807, 2.05) is 10.2 Å². The van der Waals surface area contributed by atoms with Crippen molar-refractivity contribution in [3.05, 3.63) is 86.3 Å². The van der Waals surface area contributed by atoms with Crippen LogP contribution in [-0.2, 0) is 19.2 Å². The molecule has 26 heavy (non-hydrogen) atoms. The average molecular weight is 383 g/mol. The maximum atomic E-state index is 13.0. The monoisotopic (exact) mass is 382 g/mol. The van der Waals surface area contributed by atoms with Gasteiger partial charge in [0.05, 0.1) is 5.56 Å². The molecule has 4 nitrogen and oxygen atoms in total. The first-order chi connectivity index (χ1) is 12.3. The highest BCUT2D eigenvalue weighted by Gasteiger charge is 2.36. The summed E-state index contributed by atoms with van der Waals surface area (Å²) in [4.78, 5) is 11.8. The number of para-hydroxylation sites is 1. The normalized spacial score (nSPS) is 11.5. The van der Waals surface area contributed by atoms with Gasteiger partial charge in [0.1, 0.15) is 18.1 Å². The van der Waals surface area contributed by atoms with E-state index in [1.54, 1.807) is 48.5 Å². The molecule has 2 N–H and O–H groups in total. The zero-order valence-electron chi connectivity index (χ0n) is 13.4. The Morgan fingerprint density at radius 3 is 2.38 bits per heavy atom. The maximum absolute atomic E-state index is 13.0. The highest BCUT2D eigenvalue weighted by Crippen LogP contribution is 2.31. The second kappa shape index (κ2) is 7.29. The zero-order valence-corrected chi connectivity index (χ0v) is 14.1. The number of halogens is 4. The van der Waals surface area contributed by atoms with Crippen molar-refractivity contribution in [2.75, 3.05) is 0 Å². The van der Waals surface area contributed by atoms with E-state index >= 15 is 0 Å². The number of aromatic amines is 2. The van der Waals surface area contributed by atoms with E-state index in [1.165, 1.54) is 0 Å². The Morgan fingerprint density at radius 1 is 1.00 bits per heavy atom. The molecule has 8 heteroatoms. The van der Waals surface area contributed by atoms with Gasteiger partial charge in [0.15, 0.2) is 0 Å². The van der Waals surface area contributed by atoms with E-state index < -0.39 is 17.4 Å². The van der Waals surface area contributed by atoms with Crippen LogP contribution in [0.5, 0.6) is 5.75 Å². The van der Waals surface area contributed by atoms with E-state index in [9.17, 15) is 18.0 Å². The fourth-order valence-corrected chi connectivity index (χ4v) is 2.64. The number of aromatic nitrogens is 2. The number of hydrogen-bond donors (Lipinski definition) is 2. The van der Waals surface area contributed by atoms with Gasteiger partial charge in [-0.25, -0.2) is 0 Å². The van der Waals surface area contributed by atoms with Crippen LogP contribution in [0.3, 0.4) is 0 Å². The lowest BCUT2D eigenvalue weighted by atomic mass is 10.0. The predicted octanol–water partition coefficient (Wildman–Crippen LogP) is 4.55. The van der Waals surface area contributed by atoms with Crippen LogP contribution < -0.4 is 10.3 Å². The molecule has 0 saturated heterocycles. The number of H-pyrrole nitrogens is 2. The molecule has 0 aliphatic carbocycles. The summed E-state index contributed by atoms with van der Waals surface area (Å²) in [5.74, 6) is 0.413. The van der Waals surface area contributed by atoms with Gasteiger partial charge in [-0.1, -0.05) is 41.9 Å². The Bertz CT molecular complexity index is 946. The standard InChI is InChI=1S/C18H14ClF3N2O2/c19-13-7-5-11(6-8-13)10-26-15-4-2-1-3-12(15)9-14-16(18(20,21)22)23-24-17(14)25/h1-8H,9-10H2,(H2,23,24,25). The molecule has 0 bridgehead atoms. The lowest BCUT2D eigenvalue weighted by Crippen LogP contribution is -2.14. The van der Waals surface area contributed by atoms with Crippen LogP contribution in [0, 0.1) is 0 Å². The lowest BCUT2D eigenvalue weighted by molar-refractivity contribution is -0.141. The maximum Gasteiger partial charge on any atom is 0.433 e. The van der Waals surface area contributed by atoms with E-state index in [2.05, 4.69) is 0 Å². The number of alkyl halides is 3. The highest BCUT2D eigenvalue weighted by atomic mass is 35.5. The van der Waals surface area contributed by atoms with E-state index in [0.29, 0.717) is 16.3 Å². The Kier molecular flexibility index (Phi) is 5.08. The van der Waals surface area contributed by atoms with Crippen LogP contribution in [-0.4, -0.2) is 10.2 Å². The molecule has 1 aromatic heterocycles. The first kappa shape index (κ1) is 18.1. The molecule has 3 aromatic rings. The molecule has 0 unspecified atom stereocenters. The quantitative estimate of drug-likeness (QED) is 0.680. The highest BCUT2D eigenvalue weighted by molar-refractivity contribution is 6.30. The molecule has 0 aliphatic rings. The molecule has 0 radical (unpaired) electrons. The first-order valence-electron chi connectivity index (χ1n) is 7.66. The minimum Gasteiger partial charge on any atom is -0.489 e. The van der Waals surface area contributed by atoms with Crippen molar-refractivity contribution in [1.29, 1.82) is 0 Å². The van der Waals surface area contributed by atoms with E-state index in [0.717, 1.165) is 5.56 Å². The molecule has 3 rings (SSSR count). The van der Waals surface area contributed by atoms with Crippen molar-refractivity contribution in [3.63, 3.8) is 0 Å². The Labute approximate surface area is 151 Å². The lowest BCUT2D eigenvalue weighted by Gasteiger charge is -2.12. The van der Waals surface area contributed by atoms with Gasteiger partial charge in [0, 0.05) is 11.4 Å². The Balaban J connectivity index is 1.83. The van der Waals surface area contributed by atoms with Crippen LogP contribution in [0.1, 0.15) is 22.4 Å². The van der Waals surface area contributed by atoms with Crippen LogP contribution in [0.4, 0.5) is 13.2 Å². The molecule has 1 heterocycles. The van der Waals surface area contributed by atoms with Crippen LogP contribution in [0.2, 0.25) is 5.02 Å². The summed E-state index contributed by atoms with van der Waals surface area (Å²) in [5, 5.41) is 4.49. The summed E-state index contributed by atoms with van der Waals surface area (Å²) in [6.45, 7) is 0.226. The van der Waals surface area contributed by atoms with Crippen molar-refractivity contribution >= 4 is 11.6 Å². The van der Waals surface area contributed by atoms with Gasteiger partial charge in [-0.15, -0.1) is 0 Å². The number of benzene rings is 2. The zero-order chi connectivity index (χ0) is 18.7. The van der Waals surface area contributed by atoms with Crippen LogP contribution in [0.25, 0.3) is 0 Å². The molecule has 0 spiro atoms. The van der Waals surface area contributed by atoms with Crippen LogP contribution in [0.15, 0.2) is 53.3 Å². The van der Waals surface area contributed by atoms with Crippen molar-refractivity contribution < 1.29 is 17.9 Å². The fraction of sp³-hybridized carbons (Fsp3) is 0.167.